The molecule has 0 bridgehead atoms. The molecule has 0 amide bonds. The quantitative estimate of drug-likeness (QED) is 0.591. The summed E-state index contributed by atoms with van der Waals surface area (Å²) in [7, 11) is 0. The molecule has 1 N–H and O–H groups in total. The minimum Gasteiger partial charge on any atom is -0.463 e. The molecule has 2 aromatic heterocycles. The van der Waals surface area contributed by atoms with Gasteiger partial charge < -0.3 is 9.72 Å². The van der Waals surface area contributed by atoms with Crippen LogP contribution in [0.2, 0.25) is 0 Å². The number of benzene rings is 1. The second-order valence-corrected chi connectivity index (χ2v) is 7.55. The van der Waals surface area contributed by atoms with Crippen molar-refractivity contribution < 1.29 is 9.13 Å². The molecule has 0 aliphatic carbocycles. The van der Waals surface area contributed by atoms with Crippen molar-refractivity contribution >= 4 is 11.0 Å². The first-order chi connectivity index (χ1) is 13.7. The molecule has 1 aromatic carbocycles. The second kappa shape index (κ2) is 8.69. The van der Waals surface area contributed by atoms with Gasteiger partial charge in [0.05, 0.1) is 23.8 Å². The molecular formula is C22H27FN4O. The molecule has 1 aliphatic heterocycles. The van der Waals surface area contributed by atoms with Crippen LogP contribution in [0.4, 0.5) is 4.39 Å². The average molecular weight is 382 g/mol. The van der Waals surface area contributed by atoms with E-state index in [1.807, 2.05) is 6.20 Å². The third-order valence-corrected chi connectivity index (χ3v) is 5.24. The molecular weight excluding hydrogens is 355 g/mol. The smallest absolute Gasteiger partial charge is 0.317 e. The number of fused-ring (bicyclic) bond motifs is 1. The Hall–Kier alpha value is -2.47. The number of halogens is 1. The van der Waals surface area contributed by atoms with Gasteiger partial charge in [0.1, 0.15) is 6.17 Å². The Labute approximate surface area is 165 Å². The Bertz CT molecular complexity index is 909. The minimum atomic E-state index is -0.668. The van der Waals surface area contributed by atoms with Crippen LogP contribution >= 0.6 is 0 Å². The van der Waals surface area contributed by atoms with Crippen molar-refractivity contribution in [1.29, 1.82) is 0 Å². The lowest BCUT2D eigenvalue weighted by atomic mass is 10.0. The number of aromatic nitrogens is 3. The maximum atomic E-state index is 13.3. The predicted molar refractivity (Wildman–Crippen MR) is 108 cm³/mol. The highest BCUT2D eigenvalue weighted by Crippen LogP contribution is 2.22. The maximum Gasteiger partial charge on any atom is 0.317 e. The van der Waals surface area contributed by atoms with Crippen LogP contribution in [-0.4, -0.2) is 45.7 Å². The molecule has 3 aromatic rings. The van der Waals surface area contributed by atoms with Crippen molar-refractivity contribution in [1.82, 2.24) is 19.9 Å². The topological polar surface area (TPSA) is 54.0 Å². The summed E-state index contributed by atoms with van der Waals surface area (Å²) in [5.41, 5.74) is 5.42. The molecule has 1 atom stereocenters. The van der Waals surface area contributed by atoms with E-state index in [4.69, 9.17) is 4.74 Å². The molecule has 1 aliphatic rings. The average Bonchev–Trinajstić information content (AvgIpc) is 3.29. The lowest BCUT2D eigenvalue weighted by Crippen LogP contribution is -2.20. The summed E-state index contributed by atoms with van der Waals surface area (Å²) in [5.74, 6) is 0. The molecule has 5 nitrogen and oxygen atoms in total. The molecule has 0 radical (unpaired) electrons. The van der Waals surface area contributed by atoms with Crippen LogP contribution < -0.4 is 4.74 Å². The number of hydrogen-bond donors (Lipinski definition) is 1. The SMILES string of the molecule is CCCCOc1ncc2[nH]cc(Cc3ccc(CN4CCC(F)C4)cc3)c2n1. The first kappa shape index (κ1) is 18.9. The summed E-state index contributed by atoms with van der Waals surface area (Å²) in [4.78, 5) is 14.3. The molecule has 3 heterocycles. The van der Waals surface area contributed by atoms with Crippen molar-refractivity contribution in [3.8, 4) is 6.01 Å². The van der Waals surface area contributed by atoms with Gasteiger partial charge in [-0.1, -0.05) is 37.6 Å². The Morgan fingerprint density at radius 3 is 2.82 bits per heavy atom. The highest BCUT2D eigenvalue weighted by molar-refractivity contribution is 5.78. The van der Waals surface area contributed by atoms with Crippen LogP contribution in [0.5, 0.6) is 6.01 Å². The number of hydrogen-bond acceptors (Lipinski definition) is 4. The van der Waals surface area contributed by atoms with E-state index < -0.39 is 6.17 Å². The van der Waals surface area contributed by atoms with Crippen LogP contribution in [0.3, 0.4) is 0 Å². The third kappa shape index (κ3) is 4.50. The van der Waals surface area contributed by atoms with Crippen LogP contribution in [0.15, 0.2) is 36.7 Å². The Morgan fingerprint density at radius 1 is 1.25 bits per heavy atom. The molecule has 0 saturated carbocycles. The van der Waals surface area contributed by atoms with Gasteiger partial charge in [-0.25, -0.2) is 9.37 Å². The second-order valence-electron chi connectivity index (χ2n) is 7.55. The van der Waals surface area contributed by atoms with Gasteiger partial charge in [0.25, 0.3) is 0 Å². The van der Waals surface area contributed by atoms with Gasteiger partial charge >= 0.3 is 6.01 Å². The van der Waals surface area contributed by atoms with Crippen LogP contribution in [0.25, 0.3) is 11.0 Å². The van der Waals surface area contributed by atoms with Gasteiger partial charge in [0.2, 0.25) is 0 Å². The number of H-pyrrole nitrogens is 1. The number of likely N-dealkylation sites (tertiary alicyclic amines) is 1. The first-order valence-electron chi connectivity index (χ1n) is 10.1. The van der Waals surface area contributed by atoms with Gasteiger partial charge in [-0.15, -0.1) is 0 Å². The number of rotatable bonds is 8. The minimum absolute atomic E-state index is 0.439. The summed E-state index contributed by atoms with van der Waals surface area (Å²) in [5, 5.41) is 0. The van der Waals surface area contributed by atoms with Crippen LogP contribution in [0.1, 0.15) is 42.9 Å². The molecule has 148 valence electrons. The van der Waals surface area contributed by atoms with Gasteiger partial charge in [-0.3, -0.25) is 4.90 Å². The molecule has 28 heavy (non-hydrogen) atoms. The van der Waals surface area contributed by atoms with E-state index in [0.717, 1.165) is 48.9 Å². The molecule has 1 fully saturated rings. The zero-order valence-corrected chi connectivity index (χ0v) is 16.3. The van der Waals surface area contributed by atoms with E-state index in [2.05, 4.69) is 51.0 Å². The Morgan fingerprint density at radius 2 is 2.07 bits per heavy atom. The number of nitrogens with zero attached hydrogens (tertiary/aromatic N) is 3. The standard InChI is InChI=1S/C22H27FN4O/c1-2-3-10-28-22-25-13-20-21(26-22)18(12-24-20)11-16-4-6-17(7-5-16)14-27-9-8-19(23)15-27/h4-7,12-13,19,24H,2-3,8-11,14-15H2,1H3. The van der Waals surface area contributed by atoms with E-state index in [-0.39, 0.29) is 0 Å². The van der Waals surface area contributed by atoms with Crippen molar-refractivity contribution in [3.05, 3.63) is 53.3 Å². The van der Waals surface area contributed by atoms with E-state index in [9.17, 15) is 4.39 Å². The van der Waals surface area contributed by atoms with Crippen molar-refractivity contribution in [2.24, 2.45) is 0 Å². The lowest BCUT2D eigenvalue weighted by Gasteiger charge is -2.14. The third-order valence-electron chi connectivity index (χ3n) is 5.24. The predicted octanol–water partition coefficient (Wildman–Crippen LogP) is 4.27. The van der Waals surface area contributed by atoms with Crippen LogP contribution in [-0.2, 0) is 13.0 Å². The summed E-state index contributed by atoms with van der Waals surface area (Å²) in [6.07, 6.45) is 6.64. The highest BCUT2D eigenvalue weighted by atomic mass is 19.1. The number of alkyl halides is 1. The van der Waals surface area contributed by atoms with Crippen LogP contribution in [0, 0.1) is 0 Å². The molecule has 0 spiro atoms. The largest absolute Gasteiger partial charge is 0.463 e. The Kier molecular flexibility index (Phi) is 5.86. The number of unbranched alkanes of at least 4 members (excludes halogenated alkanes) is 1. The molecule has 4 rings (SSSR count). The van der Waals surface area contributed by atoms with E-state index in [0.29, 0.717) is 25.6 Å². The normalized spacial score (nSPS) is 17.4. The molecule has 1 saturated heterocycles. The summed E-state index contributed by atoms with van der Waals surface area (Å²) >= 11 is 0. The summed E-state index contributed by atoms with van der Waals surface area (Å²) in [6, 6.07) is 9.02. The highest BCUT2D eigenvalue weighted by Gasteiger charge is 2.21. The van der Waals surface area contributed by atoms with E-state index >= 15 is 0 Å². The Balaban J connectivity index is 1.43. The lowest BCUT2D eigenvalue weighted by molar-refractivity contribution is 0.282. The van der Waals surface area contributed by atoms with Crippen molar-refractivity contribution in [2.45, 2.75) is 45.3 Å². The maximum absolute atomic E-state index is 13.3. The van der Waals surface area contributed by atoms with Gasteiger partial charge in [0, 0.05) is 37.8 Å². The van der Waals surface area contributed by atoms with Crippen molar-refractivity contribution in [2.75, 3.05) is 19.7 Å². The molecule has 6 heteroatoms. The monoisotopic (exact) mass is 382 g/mol. The number of aromatic amines is 1. The molecule has 1 unspecified atom stereocenters. The van der Waals surface area contributed by atoms with E-state index in [1.165, 1.54) is 11.1 Å². The fourth-order valence-electron chi connectivity index (χ4n) is 3.63. The van der Waals surface area contributed by atoms with Gasteiger partial charge in [0.15, 0.2) is 0 Å². The zero-order chi connectivity index (χ0) is 19.3. The van der Waals surface area contributed by atoms with Gasteiger partial charge in [-0.2, -0.15) is 4.98 Å². The zero-order valence-electron chi connectivity index (χ0n) is 16.3. The summed E-state index contributed by atoms with van der Waals surface area (Å²) in [6.45, 7) is 4.99. The van der Waals surface area contributed by atoms with Gasteiger partial charge in [-0.05, 0) is 24.0 Å². The fourth-order valence-corrected chi connectivity index (χ4v) is 3.63. The number of ether oxygens (including phenoxy) is 1. The number of nitrogens with one attached hydrogen (secondary N) is 1. The first-order valence-corrected chi connectivity index (χ1v) is 10.1. The summed E-state index contributed by atoms with van der Waals surface area (Å²) < 4.78 is 19.0. The van der Waals surface area contributed by atoms with Crippen molar-refractivity contribution in [3.63, 3.8) is 0 Å². The fraction of sp³-hybridized carbons (Fsp3) is 0.455. The van der Waals surface area contributed by atoms with E-state index in [1.54, 1.807) is 6.20 Å².